The molecule has 0 aliphatic carbocycles. The summed E-state index contributed by atoms with van der Waals surface area (Å²) < 4.78 is 5.46. The molecule has 130 valence electrons. The van der Waals surface area contributed by atoms with Gasteiger partial charge in [0, 0.05) is 0 Å². The van der Waals surface area contributed by atoms with E-state index in [0.717, 1.165) is 22.3 Å². The van der Waals surface area contributed by atoms with Crippen molar-refractivity contribution in [3.8, 4) is 0 Å². The number of benzene rings is 2. The fourth-order valence-electron chi connectivity index (χ4n) is 3.20. The Morgan fingerprint density at radius 3 is 2.36 bits per heavy atom. The summed E-state index contributed by atoms with van der Waals surface area (Å²) >= 11 is 0. The lowest BCUT2D eigenvalue weighted by Crippen LogP contribution is -2.39. The van der Waals surface area contributed by atoms with E-state index < -0.39 is 17.6 Å². The van der Waals surface area contributed by atoms with Crippen LogP contribution in [0.4, 0.5) is 10.5 Å². The van der Waals surface area contributed by atoms with E-state index >= 15 is 0 Å². The number of carbonyl (C=O) groups excluding carboxylic acids is 2. The third kappa shape index (κ3) is 3.16. The quantitative estimate of drug-likeness (QED) is 0.756. The molecule has 0 radical (unpaired) electrons. The molecule has 0 fully saturated rings. The highest BCUT2D eigenvalue weighted by molar-refractivity contribution is 6.20. The number of amides is 2. The number of aryl methyl sites for hydroxylation is 2. The second-order valence-electron chi connectivity index (χ2n) is 7.51. The number of fused-ring (bicyclic) bond motifs is 1. The summed E-state index contributed by atoms with van der Waals surface area (Å²) in [5.74, 6) is -0.743. The first-order valence-corrected chi connectivity index (χ1v) is 8.42. The number of hydrogen-bond acceptors (Lipinski definition) is 3. The van der Waals surface area contributed by atoms with Gasteiger partial charge in [0.15, 0.2) is 0 Å². The van der Waals surface area contributed by atoms with E-state index in [4.69, 9.17) is 4.74 Å². The van der Waals surface area contributed by atoms with Crippen molar-refractivity contribution in [3.05, 3.63) is 64.7 Å². The van der Waals surface area contributed by atoms with Crippen molar-refractivity contribution in [2.45, 2.75) is 46.1 Å². The summed E-state index contributed by atoms with van der Waals surface area (Å²) in [6, 6.07) is 13.5. The van der Waals surface area contributed by atoms with Gasteiger partial charge in [-0.3, -0.25) is 4.79 Å². The van der Waals surface area contributed by atoms with Crippen LogP contribution in [0.25, 0.3) is 0 Å². The number of rotatable bonds is 1. The van der Waals surface area contributed by atoms with Gasteiger partial charge >= 0.3 is 6.09 Å². The first-order valence-electron chi connectivity index (χ1n) is 8.42. The minimum absolute atomic E-state index is 0.260. The highest BCUT2D eigenvalue weighted by Crippen LogP contribution is 2.43. The van der Waals surface area contributed by atoms with Crippen LogP contribution in [0.3, 0.4) is 0 Å². The van der Waals surface area contributed by atoms with Gasteiger partial charge in [-0.1, -0.05) is 42.0 Å². The molecule has 0 N–H and O–H groups in total. The van der Waals surface area contributed by atoms with E-state index in [2.05, 4.69) is 0 Å². The molecule has 1 heterocycles. The molecule has 0 saturated heterocycles. The maximum Gasteiger partial charge on any atom is 0.421 e. The predicted molar refractivity (Wildman–Crippen MR) is 97.9 cm³/mol. The Kier molecular flexibility index (Phi) is 4.15. The van der Waals surface area contributed by atoms with Crippen LogP contribution in [0, 0.1) is 13.8 Å². The van der Waals surface area contributed by atoms with Crippen molar-refractivity contribution in [1.82, 2.24) is 0 Å². The van der Waals surface area contributed by atoms with Gasteiger partial charge in [-0.15, -0.1) is 0 Å². The molecule has 2 aromatic rings. The summed E-state index contributed by atoms with van der Waals surface area (Å²) in [6.45, 7) is 9.34. The number of hydrogen-bond donors (Lipinski definition) is 0. The largest absolute Gasteiger partial charge is 0.443 e. The van der Waals surface area contributed by atoms with Gasteiger partial charge in [0.05, 0.1) is 11.6 Å². The molecule has 25 heavy (non-hydrogen) atoms. The molecule has 1 atom stereocenters. The van der Waals surface area contributed by atoms with E-state index in [1.165, 1.54) is 4.90 Å². The van der Waals surface area contributed by atoms with Crippen LogP contribution in [0.15, 0.2) is 42.5 Å². The van der Waals surface area contributed by atoms with Crippen LogP contribution in [-0.4, -0.2) is 17.6 Å². The van der Waals surface area contributed by atoms with E-state index in [0.29, 0.717) is 5.69 Å². The maximum atomic E-state index is 13.2. The molecule has 0 saturated carbocycles. The van der Waals surface area contributed by atoms with Gasteiger partial charge in [0.2, 0.25) is 5.91 Å². The minimum Gasteiger partial charge on any atom is -0.443 e. The molecule has 0 spiro atoms. The first-order chi connectivity index (χ1) is 11.7. The summed E-state index contributed by atoms with van der Waals surface area (Å²) in [4.78, 5) is 27.0. The Balaban J connectivity index is 2.12. The molecule has 1 unspecified atom stereocenters. The second-order valence-corrected chi connectivity index (χ2v) is 7.51. The highest BCUT2D eigenvalue weighted by atomic mass is 16.6. The van der Waals surface area contributed by atoms with Crippen molar-refractivity contribution < 1.29 is 14.3 Å². The number of imide groups is 1. The molecule has 0 aromatic heterocycles. The zero-order chi connectivity index (χ0) is 18.4. The van der Waals surface area contributed by atoms with E-state index in [-0.39, 0.29) is 5.91 Å². The van der Waals surface area contributed by atoms with Crippen molar-refractivity contribution in [3.63, 3.8) is 0 Å². The molecule has 3 rings (SSSR count). The lowest BCUT2D eigenvalue weighted by molar-refractivity contribution is -0.118. The summed E-state index contributed by atoms with van der Waals surface area (Å²) in [5, 5.41) is 0. The van der Waals surface area contributed by atoms with Gasteiger partial charge in [0.25, 0.3) is 0 Å². The Labute approximate surface area is 148 Å². The molecule has 4 nitrogen and oxygen atoms in total. The molecular formula is C21H23NO3. The van der Waals surface area contributed by atoms with Crippen molar-refractivity contribution in [1.29, 1.82) is 0 Å². The number of anilines is 1. The van der Waals surface area contributed by atoms with Crippen LogP contribution < -0.4 is 4.90 Å². The molecule has 4 heteroatoms. The lowest BCUT2D eigenvalue weighted by atomic mass is 9.89. The fraction of sp³-hybridized carbons (Fsp3) is 0.333. The van der Waals surface area contributed by atoms with E-state index in [9.17, 15) is 9.59 Å². The van der Waals surface area contributed by atoms with Gasteiger partial charge in [0.1, 0.15) is 5.60 Å². The number of ether oxygens (including phenoxy) is 1. The van der Waals surface area contributed by atoms with E-state index in [1.54, 1.807) is 20.8 Å². The molecule has 1 aliphatic rings. The maximum absolute atomic E-state index is 13.2. The third-order valence-corrected chi connectivity index (χ3v) is 4.28. The zero-order valence-electron chi connectivity index (χ0n) is 15.3. The molecule has 2 aromatic carbocycles. The molecule has 2 amide bonds. The van der Waals surface area contributed by atoms with E-state index in [1.807, 2.05) is 56.3 Å². The monoisotopic (exact) mass is 337 g/mol. The molecule has 0 bridgehead atoms. The molecule has 1 aliphatic heterocycles. The zero-order valence-corrected chi connectivity index (χ0v) is 15.3. The SMILES string of the molecule is Cc1ccc2c(c1)C(c1ccccc1C)C(=O)N2C(=O)OC(C)(C)C. The standard InChI is InChI=1S/C21H23NO3/c1-13-10-11-17-16(12-13)18(15-9-7-6-8-14(15)2)19(23)22(17)20(24)25-21(3,4)5/h6-12,18H,1-5H3. The van der Waals surface area contributed by atoms with Gasteiger partial charge in [-0.2, -0.15) is 0 Å². The summed E-state index contributed by atoms with van der Waals surface area (Å²) in [6.07, 6.45) is -0.626. The first kappa shape index (κ1) is 17.2. The number of nitrogens with zero attached hydrogens (tertiary/aromatic N) is 1. The van der Waals surface area contributed by atoms with Gasteiger partial charge in [-0.05, 0) is 57.4 Å². The van der Waals surface area contributed by atoms with Crippen LogP contribution in [0.1, 0.15) is 48.9 Å². The third-order valence-electron chi connectivity index (χ3n) is 4.28. The van der Waals surface area contributed by atoms with Crippen LogP contribution >= 0.6 is 0 Å². The summed E-state index contributed by atoms with van der Waals surface area (Å²) in [5.41, 5.74) is 3.80. The minimum atomic E-state index is -0.664. The normalized spacial score (nSPS) is 16.8. The topological polar surface area (TPSA) is 46.6 Å². The second kappa shape index (κ2) is 6.03. The Hall–Kier alpha value is -2.62. The average molecular weight is 337 g/mol. The predicted octanol–water partition coefficient (Wildman–Crippen LogP) is 4.72. The van der Waals surface area contributed by atoms with Crippen molar-refractivity contribution >= 4 is 17.7 Å². The Morgan fingerprint density at radius 1 is 1.04 bits per heavy atom. The molecular weight excluding hydrogens is 314 g/mol. The smallest absolute Gasteiger partial charge is 0.421 e. The van der Waals surface area contributed by atoms with Crippen molar-refractivity contribution in [2.75, 3.05) is 4.90 Å². The fourth-order valence-corrected chi connectivity index (χ4v) is 3.20. The Morgan fingerprint density at radius 2 is 1.72 bits per heavy atom. The van der Waals surface area contributed by atoms with Crippen LogP contribution in [-0.2, 0) is 9.53 Å². The van der Waals surface area contributed by atoms with Gasteiger partial charge < -0.3 is 4.74 Å². The Bertz CT molecular complexity index is 848. The summed E-state index contributed by atoms with van der Waals surface area (Å²) in [7, 11) is 0. The number of carbonyl (C=O) groups is 2. The average Bonchev–Trinajstić information content (AvgIpc) is 2.77. The van der Waals surface area contributed by atoms with Crippen LogP contribution in [0.5, 0.6) is 0 Å². The van der Waals surface area contributed by atoms with Crippen LogP contribution in [0.2, 0.25) is 0 Å². The highest BCUT2D eigenvalue weighted by Gasteiger charge is 2.43. The van der Waals surface area contributed by atoms with Crippen molar-refractivity contribution in [2.24, 2.45) is 0 Å². The lowest BCUT2D eigenvalue weighted by Gasteiger charge is -2.24. The van der Waals surface area contributed by atoms with Gasteiger partial charge in [-0.25, -0.2) is 9.69 Å².